The first kappa shape index (κ1) is 20.0. The van der Waals surface area contributed by atoms with E-state index in [0.717, 1.165) is 31.4 Å². The molecule has 1 rings (SSSR count). The molecular weight excluding hydrogens is 304 g/mol. The number of amides is 2. The van der Waals surface area contributed by atoms with Gasteiger partial charge in [0, 0.05) is 12.0 Å². The summed E-state index contributed by atoms with van der Waals surface area (Å²) in [5, 5.41) is 0. The van der Waals surface area contributed by atoms with Gasteiger partial charge in [0.2, 0.25) is 5.91 Å². The zero-order valence-corrected chi connectivity index (χ0v) is 14.9. The van der Waals surface area contributed by atoms with E-state index in [-0.39, 0.29) is 11.8 Å². The Bertz CT molecular complexity index is 486. The van der Waals surface area contributed by atoms with Crippen LogP contribution in [0, 0.1) is 0 Å². The molecule has 134 valence electrons. The smallest absolute Gasteiger partial charge is 0.269 e. The van der Waals surface area contributed by atoms with E-state index in [1.54, 1.807) is 24.3 Å². The summed E-state index contributed by atoms with van der Waals surface area (Å²) >= 11 is 0. The minimum Gasteiger partial charge on any atom is -0.494 e. The fraction of sp³-hybridized carbons (Fsp3) is 0.579. The lowest BCUT2D eigenvalue weighted by Gasteiger charge is -2.09. The van der Waals surface area contributed by atoms with Gasteiger partial charge in [0.1, 0.15) is 5.75 Å². The molecule has 0 radical (unpaired) electrons. The third-order valence-electron chi connectivity index (χ3n) is 3.71. The average molecular weight is 334 g/mol. The highest BCUT2D eigenvalue weighted by atomic mass is 16.5. The van der Waals surface area contributed by atoms with E-state index in [1.165, 1.54) is 19.3 Å². The maximum absolute atomic E-state index is 12.0. The Morgan fingerprint density at radius 1 is 0.875 bits per heavy atom. The average Bonchev–Trinajstić information content (AvgIpc) is 2.60. The predicted molar refractivity (Wildman–Crippen MR) is 95.8 cm³/mol. The monoisotopic (exact) mass is 334 g/mol. The number of unbranched alkanes of at least 4 members (excludes halogenated alkanes) is 5. The minimum absolute atomic E-state index is 0.163. The molecule has 2 amide bonds. The third-order valence-corrected chi connectivity index (χ3v) is 3.71. The van der Waals surface area contributed by atoms with Crippen LogP contribution in [0.3, 0.4) is 0 Å². The number of rotatable bonds is 11. The van der Waals surface area contributed by atoms with E-state index in [4.69, 9.17) is 4.74 Å². The lowest BCUT2D eigenvalue weighted by atomic mass is 10.2. The fourth-order valence-corrected chi connectivity index (χ4v) is 2.22. The Morgan fingerprint density at radius 3 is 2.21 bits per heavy atom. The molecule has 5 nitrogen and oxygen atoms in total. The van der Waals surface area contributed by atoms with Crippen molar-refractivity contribution in [2.24, 2.45) is 0 Å². The van der Waals surface area contributed by atoms with Gasteiger partial charge in [-0.1, -0.05) is 46.0 Å². The van der Waals surface area contributed by atoms with Crippen molar-refractivity contribution in [2.75, 3.05) is 6.61 Å². The molecule has 0 aromatic heterocycles. The molecule has 0 aliphatic rings. The summed E-state index contributed by atoms with van der Waals surface area (Å²) in [6.07, 6.45) is 8.00. The summed E-state index contributed by atoms with van der Waals surface area (Å²) in [6.45, 7) is 4.95. The highest BCUT2D eigenvalue weighted by Gasteiger charge is 2.07. The first-order valence-electron chi connectivity index (χ1n) is 8.99. The van der Waals surface area contributed by atoms with Crippen LogP contribution >= 0.6 is 0 Å². The topological polar surface area (TPSA) is 67.4 Å². The Hall–Kier alpha value is -2.04. The van der Waals surface area contributed by atoms with Gasteiger partial charge in [-0.25, -0.2) is 0 Å². The lowest BCUT2D eigenvalue weighted by Crippen LogP contribution is -2.41. The van der Waals surface area contributed by atoms with Crippen LogP contribution < -0.4 is 15.6 Å². The molecule has 0 saturated carbocycles. The standard InChI is InChI=1S/C19H30N2O3/c1-3-5-7-9-15-24-17-13-11-16(12-14-17)19(23)21-20-18(22)10-8-6-4-2/h11-14H,3-10,15H2,1-2H3,(H,20,22)(H,21,23). The van der Waals surface area contributed by atoms with Crippen molar-refractivity contribution in [2.45, 2.75) is 65.2 Å². The van der Waals surface area contributed by atoms with Crippen molar-refractivity contribution < 1.29 is 14.3 Å². The van der Waals surface area contributed by atoms with Crippen molar-refractivity contribution in [3.8, 4) is 5.75 Å². The molecule has 0 saturated heterocycles. The van der Waals surface area contributed by atoms with E-state index >= 15 is 0 Å². The quantitative estimate of drug-likeness (QED) is 0.475. The number of carbonyl (C=O) groups excluding carboxylic acids is 2. The number of carbonyl (C=O) groups is 2. The SMILES string of the molecule is CCCCCCOc1ccc(C(=O)NNC(=O)CCCCC)cc1. The summed E-state index contributed by atoms with van der Waals surface area (Å²) in [5.74, 6) is 0.267. The summed E-state index contributed by atoms with van der Waals surface area (Å²) in [5.41, 5.74) is 5.36. The van der Waals surface area contributed by atoms with Gasteiger partial charge in [-0.2, -0.15) is 0 Å². The molecule has 5 heteroatoms. The predicted octanol–water partition coefficient (Wildman–Crippen LogP) is 3.99. The van der Waals surface area contributed by atoms with Crippen LogP contribution in [-0.2, 0) is 4.79 Å². The maximum Gasteiger partial charge on any atom is 0.269 e. The first-order valence-corrected chi connectivity index (χ1v) is 8.99. The number of hydrogen-bond acceptors (Lipinski definition) is 3. The number of hydrazine groups is 1. The highest BCUT2D eigenvalue weighted by molar-refractivity contribution is 5.95. The van der Waals surface area contributed by atoms with Gasteiger partial charge in [-0.05, 0) is 37.1 Å². The van der Waals surface area contributed by atoms with Gasteiger partial charge in [0.15, 0.2) is 0 Å². The molecule has 0 aliphatic heterocycles. The van der Waals surface area contributed by atoms with Crippen LogP contribution in [-0.4, -0.2) is 18.4 Å². The van der Waals surface area contributed by atoms with Crippen molar-refractivity contribution in [1.29, 1.82) is 0 Å². The van der Waals surface area contributed by atoms with Crippen LogP contribution in [0.4, 0.5) is 0 Å². The van der Waals surface area contributed by atoms with Gasteiger partial charge >= 0.3 is 0 Å². The summed E-state index contributed by atoms with van der Waals surface area (Å²) < 4.78 is 5.64. The van der Waals surface area contributed by atoms with E-state index in [1.807, 2.05) is 0 Å². The van der Waals surface area contributed by atoms with Crippen molar-refractivity contribution >= 4 is 11.8 Å². The van der Waals surface area contributed by atoms with Crippen molar-refractivity contribution in [3.05, 3.63) is 29.8 Å². The number of hydrogen-bond donors (Lipinski definition) is 2. The Kier molecular flexibility index (Phi) is 10.3. The molecule has 0 spiro atoms. The van der Waals surface area contributed by atoms with E-state index < -0.39 is 0 Å². The highest BCUT2D eigenvalue weighted by Crippen LogP contribution is 2.13. The molecule has 0 aliphatic carbocycles. The second kappa shape index (κ2) is 12.4. The largest absolute Gasteiger partial charge is 0.494 e. The summed E-state index contributed by atoms with van der Waals surface area (Å²) in [7, 11) is 0. The number of benzene rings is 1. The molecule has 1 aromatic rings. The molecule has 24 heavy (non-hydrogen) atoms. The molecule has 0 atom stereocenters. The van der Waals surface area contributed by atoms with E-state index in [9.17, 15) is 9.59 Å². The first-order chi connectivity index (χ1) is 11.7. The second-order valence-electron chi connectivity index (χ2n) is 5.89. The molecule has 2 N–H and O–H groups in total. The molecular formula is C19H30N2O3. The molecule has 1 aromatic carbocycles. The van der Waals surface area contributed by atoms with E-state index in [2.05, 4.69) is 24.7 Å². The van der Waals surface area contributed by atoms with Gasteiger partial charge in [0.25, 0.3) is 5.91 Å². The van der Waals surface area contributed by atoms with Crippen LogP contribution in [0.1, 0.15) is 75.6 Å². The van der Waals surface area contributed by atoms with Gasteiger partial charge in [-0.3, -0.25) is 20.4 Å². The summed E-state index contributed by atoms with van der Waals surface area (Å²) in [6, 6.07) is 6.94. The van der Waals surface area contributed by atoms with E-state index in [0.29, 0.717) is 18.6 Å². The zero-order chi connectivity index (χ0) is 17.6. The Balaban J connectivity index is 2.29. The molecule has 0 fully saturated rings. The molecule has 0 bridgehead atoms. The molecule has 0 unspecified atom stereocenters. The van der Waals surface area contributed by atoms with Gasteiger partial charge in [-0.15, -0.1) is 0 Å². The lowest BCUT2D eigenvalue weighted by molar-refractivity contribution is -0.121. The minimum atomic E-state index is -0.326. The Labute approximate surface area is 145 Å². The Morgan fingerprint density at radius 2 is 1.54 bits per heavy atom. The maximum atomic E-state index is 12.0. The molecule has 0 heterocycles. The van der Waals surface area contributed by atoms with Crippen molar-refractivity contribution in [3.63, 3.8) is 0 Å². The third kappa shape index (κ3) is 8.56. The number of ether oxygens (including phenoxy) is 1. The summed E-state index contributed by atoms with van der Waals surface area (Å²) in [4.78, 5) is 23.5. The normalized spacial score (nSPS) is 10.2. The van der Waals surface area contributed by atoms with Crippen LogP contribution in [0.15, 0.2) is 24.3 Å². The van der Waals surface area contributed by atoms with Crippen LogP contribution in [0.5, 0.6) is 5.75 Å². The van der Waals surface area contributed by atoms with Crippen LogP contribution in [0.25, 0.3) is 0 Å². The fourth-order valence-electron chi connectivity index (χ4n) is 2.22. The second-order valence-corrected chi connectivity index (χ2v) is 5.89. The van der Waals surface area contributed by atoms with Gasteiger partial charge in [0.05, 0.1) is 6.61 Å². The van der Waals surface area contributed by atoms with Gasteiger partial charge < -0.3 is 4.74 Å². The van der Waals surface area contributed by atoms with Crippen molar-refractivity contribution in [1.82, 2.24) is 10.9 Å². The van der Waals surface area contributed by atoms with Crippen LogP contribution in [0.2, 0.25) is 0 Å². The number of nitrogens with one attached hydrogen (secondary N) is 2. The zero-order valence-electron chi connectivity index (χ0n) is 14.9.